The summed E-state index contributed by atoms with van der Waals surface area (Å²) in [5, 5.41) is 3.66. The third kappa shape index (κ3) is 4.26. The van der Waals surface area contributed by atoms with Crippen molar-refractivity contribution in [3.05, 3.63) is 29.6 Å². The molecule has 3 aliphatic rings. The highest BCUT2D eigenvalue weighted by Gasteiger charge is 2.44. The maximum absolute atomic E-state index is 6.66. The number of nitrogens with one attached hydrogen (secondary N) is 1. The van der Waals surface area contributed by atoms with E-state index in [-0.39, 0.29) is 11.5 Å². The summed E-state index contributed by atoms with van der Waals surface area (Å²) < 4.78 is 12.0. The highest BCUT2D eigenvalue weighted by atomic mass is 16.5. The van der Waals surface area contributed by atoms with Crippen molar-refractivity contribution in [3.63, 3.8) is 0 Å². The Kier molecular flexibility index (Phi) is 6.73. The summed E-state index contributed by atoms with van der Waals surface area (Å²) >= 11 is 0. The van der Waals surface area contributed by atoms with Gasteiger partial charge in [-0.25, -0.2) is 9.97 Å². The van der Waals surface area contributed by atoms with Gasteiger partial charge in [0.15, 0.2) is 0 Å². The van der Waals surface area contributed by atoms with Crippen molar-refractivity contribution in [2.24, 2.45) is 4.99 Å². The first-order valence-electron chi connectivity index (χ1n) is 12.8. The minimum absolute atomic E-state index is 0.0141. The number of hydrogen-bond donors (Lipinski definition) is 2. The Hall–Kier alpha value is -2.67. The lowest BCUT2D eigenvalue weighted by Gasteiger charge is -2.38. The lowest BCUT2D eigenvalue weighted by molar-refractivity contribution is 0.148. The van der Waals surface area contributed by atoms with E-state index in [1.807, 2.05) is 13.1 Å². The third-order valence-corrected chi connectivity index (χ3v) is 7.92. The quantitative estimate of drug-likeness (QED) is 0.446. The van der Waals surface area contributed by atoms with Crippen LogP contribution in [0.15, 0.2) is 23.5 Å². The fourth-order valence-electron chi connectivity index (χ4n) is 6.34. The molecule has 1 spiro atoms. The Morgan fingerprint density at radius 3 is 2.71 bits per heavy atom. The summed E-state index contributed by atoms with van der Waals surface area (Å²) in [5.74, 6) is 1.58. The minimum Gasteiger partial charge on any atom is -0.488 e. The molecule has 0 atom stereocenters. The molecule has 1 heterocycles. The fourth-order valence-corrected chi connectivity index (χ4v) is 6.34. The van der Waals surface area contributed by atoms with Gasteiger partial charge in [0.05, 0.1) is 24.1 Å². The van der Waals surface area contributed by atoms with Crippen LogP contribution in [-0.4, -0.2) is 48.6 Å². The molecule has 0 unspecified atom stereocenters. The van der Waals surface area contributed by atoms with Gasteiger partial charge in [-0.3, -0.25) is 4.99 Å². The van der Waals surface area contributed by atoms with E-state index in [1.54, 1.807) is 13.4 Å². The number of benzene rings is 1. The summed E-state index contributed by atoms with van der Waals surface area (Å²) in [6.07, 6.45) is 13.6. The summed E-state index contributed by atoms with van der Waals surface area (Å²) in [7, 11) is 1.74. The average Bonchev–Trinajstić information content (AvgIpc) is 3.30. The zero-order valence-corrected chi connectivity index (χ0v) is 20.5. The summed E-state index contributed by atoms with van der Waals surface area (Å²) in [6.45, 7) is 3.37. The fraction of sp³-hybridized carbons (Fsp3) is 0.593. The average molecular weight is 464 g/mol. The van der Waals surface area contributed by atoms with Crippen LogP contribution in [0.2, 0.25) is 0 Å². The predicted octanol–water partition coefficient (Wildman–Crippen LogP) is 4.93. The van der Waals surface area contributed by atoms with Gasteiger partial charge in [-0.2, -0.15) is 0 Å². The molecule has 2 fully saturated rings. The first kappa shape index (κ1) is 23.1. The molecule has 0 bridgehead atoms. The van der Waals surface area contributed by atoms with Gasteiger partial charge in [-0.05, 0) is 75.8 Å². The van der Waals surface area contributed by atoms with Crippen LogP contribution >= 0.6 is 0 Å². The first-order valence-corrected chi connectivity index (χ1v) is 12.8. The molecule has 3 aliphatic carbocycles. The zero-order valence-electron chi connectivity index (χ0n) is 20.5. The second-order valence-electron chi connectivity index (χ2n) is 9.99. The molecule has 0 radical (unpaired) electrons. The van der Waals surface area contributed by atoms with E-state index < -0.39 is 0 Å². The smallest absolute Gasteiger partial charge is 0.143 e. The lowest BCUT2D eigenvalue weighted by Crippen LogP contribution is -2.32. The van der Waals surface area contributed by atoms with E-state index in [1.165, 1.54) is 18.4 Å². The SMILES string of the molecule is CC=NC1CCC(Oc2ccc3c(c2NCCOC)CC2(CCCC2)c2c(N)ncnc2-3)CC1. The topological polar surface area (TPSA) is 94.6 Å². The molecule has 0 aliphatic heterocycles. The van der Waals surface area contributed by atoms with Crippen LogP contribution in [0.3, 0.4) is 0 Å². The Morgan fingerprint density at radius 1 is 1.18 bits per heavy atom. The van der Waals surface area contributed by atoms with E-state index in [4.69, 9.17) is 20.2 Å². The van der Waals surface area contributed by atoms with Crippen molar-refractivity contribution < 1.29 is 9.47 Å². The van der Waals surface area contributed by atoms with Gasteiger partial charge in [0, 0.05) is 36.2 Å². The van der Waals surface area contributed by atoms with Crippen molar-refractivity contribution in [2.75, 3.05) is 31.3 Å². The number of aromatic nitrogens is 2. The number of nitrogen functional groups attached to an aromatic ring is 1. The van der Waals surface area contributed by atoms with Crippen molar-refractivity contribution in [2.45, 2.75) is 82.3 Å². The van der Waals surface area contributed by atoms with Gasteiger partial charge in [-0.1, -0.05) is 12.8 Å². The van der Waals surface area contributed by atoms with Crippen LogP contribution in [-0.2, 0) is 16.6 Å². The highest BCUT2D eigenvalue weighted by Crippen LogP contribution is 2.55. The summed E-state index contributed by atoms with van der Waals surface area (Å²) in [4.78, 5) is 13.7. The number of fused-ring (bicyclic) bond motifs is 4. The van der Waals surface area contributed by atoms with Crippen LogP contribution in [0, 0.1) is 0 Å². The number of methoxy groups -OCH3 is 1. The molecule has 7 nitrogen and oxygen atoms in total. The van der Waals surface area contributed by atoms with Gasteiger partial charge >= 0.3 is 0 Å². The third-order valence-electron chi connectivity index (χ3n) is 7.92. The molecule has 5 rings (SSSR count). The molecule has 7 heteroatoms. The number of anilines is 2. The lowest BCUT2D eigenvalue weighted by atomic mass is 9.67. The number of rotatable bonds is 7. The molecule has 3 N–H and O–H groups in total. The number of nitrogens with two attached hydrogens (primary N) is 1. The summed E-state index contributed by atoms with van der Waals surface area (Å²) in [5.41, 5.74) is 12.2. The van der Waals surface area contributed by atoms with E-state index >= 15 is 0 Å². The predicted molar refractivity (Wildman–Crippen MR) is 137 cm³/mol. The van der Waals surface area contributed by atoms with Crippen molar-refractivity contribution in [1.29, 1.82) is 0 Å². The van der Waals surface area contributed by atoms with Crippen molar-refractivity contribution in [1.82, 2.24) is 9.97 Å². The van der Waals surface area contributed by atoms with E-state index in [2.05, 4.69) is 27.4 Å². The first-order chi connectivity index (χ1) is 16.6. The van der Waals surface area contributed by atoms with Gasteiger partial charge < -0.3 is 20.5 Å². The number of hydrogen-bond acceptors (Lipinski definition) is 7. The zero-order chi connectivity index (χ0) is 23.5. The molecule has 1 aromatic carbocycles. The van der Waals surface area contributed by atoms with Crippen LogP contribution in [0.4, 0.5) is 11.5 Å². The van der Waals surface area contributed by atoms with Crippen molar-refractivity contribution in [3.8, 4) is 17.0 Å². The molecule has 34 heavy (non-hydrogen) atoms. The monoisotopic (exact) mass is 463 g/mol. The van der Waals surface area contributed by atoms with Crippen LogP contribution in [0.5, 0.6) is 5.75 Å². The number of aliphatic imine (C=N–C) groups is 1. The molecule has 2 saturated carbocycles. The van der Waals surface area contributed by atoms with Gasteiger partial charge in [0.2, 0.25) is 0 Å². The Balaban J connectivity index is 1.52. The van der Waals surface area contributed by atoms with Crippen LogP contribution < -0.4 is 15.8 Å². The van der Waals surface area contributed by atoms with Crippen LogP contribution in [0.25, 0.3) is 11.3 Å². The van der Waals surface area contributed by atoms with Gasteiger partial charge in [0.1, 0.15) is 17.9 Å². The largest absolute Gasteiger partial charge is 0.488 e. The number of nitrogens with zero attached hydrogens (tertiary/aromatic N) is 3. The molecule has 1 aromatic heterocycles. The van der Waals surface area contributed by atoms with Gasteiger partial charge in [-0.15, -0.1) is 0 Å². The molecule has 0 amide bonds. The molecular formula is C27H37N5O2. The Bertz CT molecular complexity index is 1040. The number of ether oxygens (including phenoxy) is 2. The molecule has 182 valence electrons. The molecular weight excluding hydrogens is 426 g/mol. The van der Waals surface area contributed by atoms with E-state index in [0.717, 1.165) is 79.7 Å². The van der Waals surface area contributed by atoms with Gasteiger partial charge in [0.25, 0.3) is 0 Å². The minimum atomic E-state index is 0.0141. The van der Waals surface area contributed by atoms with E-state index in [9.17, 15) is 0 Å². The maximum Gasteiger partial charge on any atom is 0.143 e. The Labute approximate surface area is 202 Å². The normalized spacial score (nSPS) is 23.1. The van der Waals surface area contributed by atoms with E-state index in [0.29, 0.717) is 18.5 Å². The Morgan fingerprint density at radius 2 is 1.97 bits per heavy atom. The second kappa shape index (κ2) is 9.90. The maximum atomic E-state index is 6.66. The highest BCUT2D eigenvalue weighted by molar-refractivity contribution is 5.83. The molecule has 0 saturated heterocycles. The standard InChI is InChI=1S/C27H37N5O2/c1-3-29-18-6-8-19(9-7-18)34-22-11-10-20-21(24(22)30-14-15-33-2)16-27(12-4-5-13-27)23-25(20)31-17-32-26(23)28/h3,10-11,17-19,30H,4-9,12-16H2,1-2H3,(H2,28,31,32). The summed E-state index contributed by atoms with van der Waals surface area (Å²) in [6, 6.07) is 4.72. The molecule has 2 aromatic rings. The second-order valence-corrected chi connectivity index (χ2v) is 9.99. The van der Waals surface area contributed by atoms with Crippen molar-refractivity contribution >= 4 is 17.7 Å². The van der Waals surface area contributed by atoms with Crippen LogP contribution in [0.1, 0.15) is 69.4 Å².